The fourth-order valence-electron chi connectivity index (χ4n) is 1.86. The number of ether oxygens (including phenoxy) is 1. The normalized spacial score (nSPS) is 13.3. The zero-order valence-corrected chi connectivity index (χ0v) is 13.5. The molecule has 0 bridgehead atoms. The number of halogens is 1. The highest BCUT2D eigenvalue weighted by Crippen LogP contribution is 2.17. The molecular weight excluding hydrogens is 295 g/mol. The molecule has 7 heteroatoms. The van der Waals surface area contributed by atoms with E-state index in [1.807, 2.05) is 13.8 Å². The molecule has 0 amide bonds. The molecule has 21 heavy (non-hydrogen) atoms. The monoisotopic (exact) mass is 318 g/mol. The van der Waals surface area contributed by atoms with E-state index < -0.39 is 15.8 Å². The molecule has 0 aliphatic carbocycles. The van der Waals surface area contributed by atoms with Crippen molar-refractivity contribution in [3.63, 3.8) is 0 Å². The largest absolute Gasteiger partial charge is 0.384 e. The number of rotatable bonds is 9. The van der Waals surface area contributed by atoms with Crippen LogP contribution in [-0.2, 0) is 21.3 Å². The molecule has 0 heterocycles. The second kappa shape index (κ2) is 8.43. The van der Waals surface area contributed by atoms with Crippen molar-refractivity contribution >= 4 is 10.0 Å². The SMILES string of the molecule is CCNCc1ccc(F)cc1S(=O)(=O)NCC(C)COC. The highest BCUT2D eigenvalue weighted by Gasteiger charge is 2.19. The number of nitrogens with one attached hydrogen (secondary N) is 2. The molecule has 2 N–H and O–H groups in total. The fraction of sp³-hybridized carbons (Fsp3) is 0.571. The summed E-state index contributed by atoms with van der Waals surface area (Å²) in [5.41, 5.74) is 0.546. The van der Waals surface area contributed by atoms with E-state index >= 15 is 0 Å². The number of methoxy groups -OCH3 is 1. The van der Waals surface area contributed by atoms with E-state index in [-0.39, 0.29) is 17.4 Å². The molecule has 1 aromatic carbocycles. The van der Waals surface area contributed by atoms with Gasteiger partial charge >= 0.3 is 0 Å². The van der Waals surface area contributed by atoms with Crippen molar-refractivity contribution in [2.45, 2.75) is 25.3 Å². The Morgan fingerprint density at radius 1 is 1.38 bits per heavy atom. The number of hydrogen-bond donors (Lipinski definition) is 2. The van der Waals surface area contributed by atoms with Gasteiger partial charge in [0, 0.05) is 26.8 Å². The summed E-state index contributed by atoms with van der Waals surface area (Å²) in [6.45, 7) is 5.57. The lowest BCUT2D eigenvalue weighted by atomic mass is 10.2. The molecule has 0 aliphatic rings. The van der Waals surface area contributed by atoms with E-state index in [0.29, 0.717) is 25.3 Å². The first-order valence-corrected chi connectivity index (χ1v) is 8.36. The molecule has 0 saturated heterocycles. The van der Waals surface area contributed by atoms with Gasteiger partial charge in [-0.2, -0.15) is 0 Å². The van der Waals surface area contributed by atoms with Crippen LogP contribution in [-0.4, -0.2) is 35.2 Å². The summed E-state index contributed by atoms with van der Waals surface area (Å²) in [7, 11) is -2.18. The van der Waals surface area contributed by atoms with E-state index in [4.69, 9.17) is 4.74 Å². The van der Waals surface area contributed by atoms with Crippen molar-refractivity contribution in [1.82, 2.24) is 10.0 Å². The summed E-state index contributed by atoms with van der Waals surface area (Å²) in [6.07, 6.45) is 0. The van der Waals surface area contributed by atoms with Crippen LogP contribution in [0.2, 0.25) is 0 Å². The zero-order chi connectivity index (χ0) is 15.9. The molecule has 1 aromatic rings. The molecule has 1 rings (SSSR count). The van der Waals surface area contributed by atoms with Crippen LogP contribution in [0.5, 0.6) is 0 Å². The van der Waals surface area contributed by atoms with Crippen molar-refractivity contribution in [2.24, 2.45) is 5.92 Å². The van der Waals surface area contributed by atoms with Gasteiger partial charge < -0.3 is 10.1 Å². The van der Waals surface area contributed by atoms with Crippen LogP contribution in [0.3, 0.4) is 0 Å². The Morgan fingerprint density at radius 3 is 2.71 bits per heavy atom. The van der Waals surface area contributed by atoms with Crippen molar-refractivity contribution in [3.8, 4) is 0 Å². The van der Waals surface area contributed by atoms with Crippen molar-refractivity contribution in [2.75, 3.05) is 26.8 Å². The van der Waals surface area contributed by atoms with Gasteiger partial charge in [-0.25, -0.2) is 17.5 Å². The fourth-order valence-corrected chi connectivity index (χ4v) is 3.27. The average Bonchev–Trinajstić information content (AvgIpc) is 2.44. The highest BCUT2D eigenvalue weighted by atomic mass is 32.2. The maximum atomic E-state index is 13.4. The minimum Gasteiger partial charge on any atom is -0.384 e. The Hall–Kier alpha value is -1.02. The Balaban J connectivity index is 2.92. The third-order valence-electron chi connectivity index (χ3n) is 2.96. The Kier molecular flexibility index (Phi) is 7.24. The molecule has 0 fully saturated rings. The first kappa shape index (κ1) is 18.0. The molecule has 0 radical (unpaired) electrons. The van der Waals surface area contributed by atoms with Gasteiger partial charge in [0.15, 0.2) is 0 Å². The van der Waals surface area contributed by atoms with Crippen LogP contribution >= 0.6 is 0 Å². The molecule has 120 valence electrons. The van der Waals surface area contributed by atoms with Gasteiger partial charge in [0.05, 0.1) is 4.90 Å². The molecule has 0 spiro atoms. The van der Waals surface area contributed by atoms with Gasteiger partial charge in [0.1, 0.15) is 5.82 Å². The van der Waals surface area contributed by atoms with Crippen LogP contribution in [0.15, 0.2) is 23.1 Å². The summed E-state index contributed by atoms with van der Waals surface area (Å²) in [5, 5.41) is 3.05. The molecule has 0 saturated carbocycles. The summed E-state index contributed by atoms with van der Waals surface area (Å²) >= 11 is 0. The van der Waals surface area contributed by atoms with Gasteiger partial charge in [-0.15, -0.1) is 0 Å². The Labute approximate surface area is 125 Å². The summed E-state index contributed by atoms with van der Waals surface area (Å²) < 4.78 is 45.5. The first-order valence-electron chi connectivity index (χ1n) is 6.88. The number of sulfonamides is 1. The van der Waals surface area contributed by atoms with Crippen molar-refractivity contribution in [1.29, 1.82) is 0 Å². The van der Waals surface area contributed by atoms with Crippen LogP contribution in [0.1, 0.15) is 19.4 Å². The summed E-state index contributed by atoms with van der Waals surface area (Å²) in [4.78, 5) is -0.0203. The van der Waals surface area contributed by atoms with Gasteiger partial charge in [0.25, 0.3) is 0 Å². The van der Waals surface area contributed by atoms with Crippen molar-refractivity contribution in [3.05, 3.63) is 29.6 Å². The molecular formula is C14H23FN2O3S. The molecule has 0 aromatic heterocycles. The number of benzene rings is 1. The molecule has 5 nitrogen and oxygen atoms in total. The lowest BCUT2D eigenvalue weighted by molar-refractivity contribution is 0.161. The molecule has 1 atom stereocenters. The first-order chi connectivity index (χ1) is 9.90. The van der Waals surface area contributed by atoms with Crippen LogP contribution < -0.4 is 10.0 Å². The maximum Gasteiger partial charge on any atom is 0.241 e. The Morgan fingerprint density at radius 2 is 2.10 bits per heavy atom. The van der Waals surface area contributed by atoms with Crippen molar-refractivity contribution < 1.29 is 17.5 Å². The predicted molar refractivity (Wildman–Crippen MR) is 80.0 cm³/mol. The van der Waals surface area contributed by atoms with Crippen LogP contribution in [0.25, 0.3) is 0 Å². The second-order valence-electron chi connectivity index (χ2n) is 4.94. The predicted octanol–water partition coefficient (Wildman–Crippen LogP) is 1.50. The zero-order valence-electron chi connectivity index (χ0n) is 12.6. The quantitative estimate of drug-likeness (QED) is 0.724. The molecule has 0 aliphatic heterocycles. The third-order valence-corrected chi connectivity index (χ3v) is 4.46. The van der Waals surface area contributed by atoms with E-state index in [1.165, 1.54) is 12.1 Å². The van der Waals surface area contributed by atoms with Gasteiger partial charge in [-0.05, 0) is 30.2 Å². The smallest absolute Gasteiger partial charge is 0.241 e. The minimum absolute atomic E-state index is 0.0203. The molecule has 1 unspecified atom stereocenters. The topological polar surface area (TPSA) is 67.4 Å². The third kappa shape index (κ3) is 5.70. The summed E-state index contributed by atoms with van der Waals surface area (Å²) in [6, 6.07) is 3.81. The van der Waals surface area contributed by atoms with Crippen LogP contribution in [0, 0.1) is 11.7 Å². The standard InChI is InChI=1S/C14H23FN2O3S/c1-4-16-9-12-5-6-13(15)7-14(12)21(18,19)17-8-11(2)10-20-3/h5-7,11,16-17H,4,8-10H2,1-3H3. The lowest BCUT2D eigenvalue weighted by Gasteiger charge is -2.14. The van der Waals surface area contributed by atoms with E-state index in [2.05, 4.69) is 10.0 Å². The highest BCUT2D eigenvalue weighted by molar-refractivity contribution is 7.89. The summed E-state index contributed by atoms with van der Waals surface area (Å²) in [5.74, 6) is -0.531. The van der Waals surface area contributed by atoms with E-state index in [1.54, 1.807) is 7.11 Å². The second-order valence-corrected chi connectivity index (χ2v) is 6.68. The van der Waals surface area contributed by atoms with E-state index in [0.717, 1.165) is 6.07 Å². The van der Waals surface area contributed by atoms with Gasteiger partial charge in [-0.3, -0.25) is 0 Å². The Bertz CT molecular complexity index is 549. The average molecular weight is 318 g/mol. The maximum absolute atomic E-state index is 13.4. The lowest BCUT2D eigenvalue weighted by Crippen LogP contribution is -2.31. The van der Waals surface area contributed by atoms with Gasteiger partial charge in [-0.1, -0.05) is 19.9 Å². The minimum atomic E-state index is -3.74. The van der Waals surface area contributed by atoms with Gasteiger partial charge in [0.2, 0.25) is 10.0 Å². The number of hydrogen-bond acceptors (Lipinski definition) is 4. The van der Waals surface area contributed by atoms with Crippen LogP contribution in [0.4, 0.5) is 4.39 Å². The van der Waals surface area contributed by atoms with E-state index in [9.17, 15) is 12.8 Å².